The van der Waals surface area contributed by atoms with Gasteiger partial charge in [-0.25, -0.2) is 9.69 Å². The van der Waals surface area contributed by atoms with E-state index >= 15 is 0 Å². The van der Waals surface area contributed by atoms with Gasteiger partial charge in [-0.1, -0.05) is 54.4 Å². The van der Waals surface area contributed by atoms with Crippen LogP contribution in [-0.4, -0.2) is 17.8 Å². The maximum Gasteiger partial charge on any atom is 0.335 e. The number of ether oxygens (including phenoxy) is 1. The summed E-state index contributed by atoms with van der Waals surface area (Å²) in [5.74, 6) is -0.877. The lowest BCUT2D eigenvalue weighted by Gasteiger charge is -2.26. The average Bonchev–Trinajstić information content (AvgIpc) is 2.88. The third-order valence-corrected chi connectivity index (χ3v) is 7.22. The molecule has 1 saturated heterocycles. The number of urea groups is 1. The van der Waals surface area contributed by atoms with Gasteiger partial charge in [-0.05, 0) is 93.5 Å². The van der Waals surface area contributed by atoms with Crippen LogP contribution in [-0.2, 0) is 29.0 Å². The van der Waals surface area contributed by atoms with Gasteiger partial charge in [0.25, 0.3) is 11.8 Å². The molecule has 0 unspecified atom stereocenters. The summed E-state index contributed by atoms with van der Waals surface area (Å²) >= 11 is 15.7. The quantitative estimate of drug-likeness (QED) is 0.164. The van der Waals surface area contributed by atoms with Gasteiger partial charge in [-0.2, -0.15) is 0 Å². The van der Waals surface area contributed by atoms with Crippen molar-refractivity contribution < 1.29 is 19.1 Å². The highest BCUT2D eigenvalue weighted by molar-refractivity contribution is 9.10. The summed E-state index contributed by atoms with van der Waals surface area (Å²) < 4.78 is 6.70. The van der Waals surface area contributed by atoms with E-state index < -0.39 is 17.8 Å². The highest BCUT2D eigenvalue weighted by Crippen LogP contribution is 2.34. The molecule has 1 N–H and O–H groups in total. The monoisotopic (exact) mass is 612 g/mol. The standard InChI is InChI=1S/C29H23BrCl2N2O4/c1-3-5-20-12-19(14-23(30)26(20)38-16-18-8-11-24(31)25(32)15-18)13-22-27(35)33-29(37)34(28(22)36)21-9-6-17(4-2)7-10-21/h3,6-15H,1,4-5,16H2,2H3,(H,33,35,37)/b22-13-. The lowest BCUT2D eigenvalue weighted by Crippen LogP contribution is -2.54. The fourth-order valence-corrected chi connectivity index (χ4v) is 4.90. The van der Waals surface area contributed by atoms with E-state index in [0.717, 1.165) is 28.0 Å². The number of benzene rings is 3. The third kappa shape index (κ3) is 6.01. The van der Waals surface area contributed by atoms with Crippen molar-refractivity contribution in [2.75, 3.05) is 4.90 Å². The minimum Gasteiger partial charge on any atom is -0.487 e. The van der Waals surface area contributed by atoms with Crippen LogP contribution in [0.4, 0.5) is 10.5 Å². The molecular weight excluding hydrogens is 591 g/mol. The van der Waals surface area contributed by atoms with Crippen LogP contribution in [0.1, 0.15) is 29.2 Å². The normalized spacial score (nSPS) is 14.6. The Morgan fingerprint density at radius 2 is 1.71 bits per heavy atom. The lowest BCUT2D eigenvalue weighted by molar-refractivity contribution is -0.122. The predicted molar refractivity (Wildman–Crippen MR) is 154 cm³/mol. The first-order chi connectivity index (χ1) is 18.2. The van der Waals surface area contributed by atoms with E-state index in [2.05, 4.69) is 27.8 Å². The molecule has 0 aromatic heterocycles. The Morgan fingerprint density at radius 3 is 2.37 bits per heavy atom. The summed E-state index contributed by atoms with van der Waals surface area (Å²) in [7, 11) is 0. The van der Waals surface area contributed by atoms with E-state index in [1.165, 1.54) is 6.08 Å². The van der Waals surface area contributed by atoms with Gasteiger partial charge < -0.3 is 4.74 Å². The first kappa shape index (κ1) is 27.6. The number of nitrogens with zero attached hydrogens (tertiary/aromatic N) is 1. The Balaban J connectivity index is 1.65. The molecule has 0 aliphatic carbocycles. The number of rotatable bonds is 8. The number of carbonyl (C=O) groups excluding carboxylic acids is 3. The molecule has 1 heterocycles. The highest BCUT2D eigenvalue weighted by Gasteiger charge is 2.36. The Labute approximate surface area is 239 Å². The predicted octanol–water partition coefficient (Wildman–Crippen LogP) is 7.29. The second-order valence-corrected chi connectivity index (χ2v) is 10.2. The second-order valence-electron chi connectivity index (χ2n) is 8.50. The number of hydrogen-bond acceptors (Lipinski definition) is 4. The molecule has 9 heteroatoms. The molecule has 0 atom stereocenters. The molecule has 1 aliphatic rings. The number of halogens is 3. The van der Waals surface area contributed by atoms with Gasteiger partial charge in [-0.3, -0.25) is 14.9 Å². The molecular formula is C29H23BrCl2N2O4. The highest BCUT2D eigenvalue weighted by atomic mass is 79.9. The lowest BCUT2D eigenvalue weighted by atomic mass is 10.0. The molecule has 194 valence electrons. The topological polar surface area (TPSA) is 75.7 Å². The Hall–Kier alpha value is -3.39. The van der Waals surface area contributed by atoms with Crippen molar-refractivity contribution in [3.05, 3.63) is 110 Å². The molecule has 1 aliphatic heterocycles. The first-order valence-corrected chi connectivity index (χ1v) is 13.3. The number of nitrogens with one attached hydrogen (secondary N) is 1. The minimum atomic E-state index is -0.791. The van der Waals surface area contributed by atoms with Crippen molar-refractivity contribution in [3.63, 3.8) is 0 Å². The molecule has 0 radical (unpaired) electrons. The van der Waals surface area contributed by atoms with Crippen LogP contribution < -0.4 is 15.0 Å². The van der Waals surface area contributed by atoms with Crippen LogP contribution in [0.5, 0.6) is 5.75 Å². The van der Waals surface area contributed by atoms with Crippen molar-refractivity contribution in [1.29, 1.82) is 0 Å². The van der Waals surface area contributed by atoms with Crippen molar-refractivity contribution in [2.45, 2.75) is 26.4 Å². The molecule has 6 nitrogen and oxygen atoms in total. The summed E-state index contributed by atoms with van der Waals surface area (Å²) in [6, 6.07) is 15.1. The molecule has 3 aromatic carbocycles. The molecule has 1 fully saturated rings. The Kier molecular flexibility index (Phi) is 8.72. The molecule has 3 aromatic rings. The van der Waals surface area contributed by atoms with Crippen LogP contribution in [0.2, 0.25) is 10.0 Å². The van der Waals surface area contributed by atoms with Crippen LogP contribution in [0.25, 0.3) is 6.08 Å². The largest absolute Gasteiger partial charge is 0.487 e. The van der Waals surface area contributed by atoms with Gasteiger partial charge in [0.2, 0.25) is 0 Å². The smallest absolute Gasteiger partial charge is 0.335 e. The van der Waals surface area contributed by atoms with Crippen molar-refractivity contribution in [1.82, 2.24) is 5.32 Å². The minimum absolute atomic E-state index is 0.162. The van der Waals surface area contributed by atoms with E-state index in [1.54, 1.807) is 42.5 Å². The number of allylic oxidation sites excluding steroid dienone is 1. The Morgan fingerprint density at radius 1 is 1.00 bits per heavy atom. The number of aryl methyl sites for hydroxylation is 1. The van der Waals surface area contributed by atoms with Crippen molar-refractivity contribution >= 4 is 68.7 Å². The van der Waals surface area contributed by atoms with Gasteiger partial charge in [0.05, 0.1) is 20.2 Å². The number of hydrogen-bond donors (Lipinski definition) is 1. The molecule has 0 spiro atoms. The summed E-state index contributed by atoms with van der Waals surface area (Å²) in [6.07, 6.45) is 4.47. The van der Waals surface area contributed by atoms with Gasteiger partial charge in [0, 0.05) is 0 Å². The summed E-state index contributed by atoms with van der Waals surface area (Å²) in [6.45, 7) is 6.07. The van der Waals surface area contributed by atoms with E-state index in [9.17, 15) is 14.4 Å². The maximum atomic E-state index is 13.3. The van der Waals surface area contributed by atoms with Crippen molar-refractivity contribution in [3.8, 4) is 5.75 Å². The number of barbiturate groups is 1. The first-order valence-electron chi connectivity index (χ1n) is 11.7. The zero-order valence-corrected chi connectivity index (χ0v) is 23.5. The fourth-order valence-electron chi connectivity index (χ4n) is 3.95. The van der Waals surface area contributed by atoms with E-state index in [4.69, 9.17) is 27.9 Å². The van der Waals surface area contributed by atoms with Gasteiger partial charge in [0.1, 0.15) is 17.9 Å². The third-order valence-electron chi connectivity index (χ3n) is 5.89. The zero-order chi connectivity index (χ0) is 27.4. The summed E-state index contributed by atoms with van der Waals surface area (Å²) in [5, 5.41) is 3.15. The number of anilines is 1. The Bertz CT molecular complexity index is 1470. The van der Waals surface area contributed by atoms with Crippen molar-refractivity contribution in [2.24, 2.45) is 0 Å². The van der Waals surface area contributed by atoms with E-state index in [1.807, 2.05) is 25.1 Å². The molecule has 38 heavy (non-hydrogen) atoms. The van der Waals surface area contributed by atoms with Crippen LogP contribution in [0, 0.1) is 0 Å². The van der Waals surface area contributed by atoms with E-state index in [0.29, 0.717) is 37.9 Å². The van der Waals surface area contributed by atoms with Crippen LogP contribution >= 0.6 is 39.1 Å². The number of amides is 4. The summed E-state index contributed by atoms with van der Waals surface area (Å²) in [5.41, 5.74) is 3.47. The molecule has 0 saturated carbocycles. The fraction of sp³-hybridized carbons (Fsp3) is 0.138. The number of imide groups is 2. The molecule has 4 amide bonds. The van der Waals surface area contributed by atoms with Gasteiger partial charge in [-0.15, -0.1) is 6.58 Å². The van der Waals surface area contributed by atoms with Crippen LogP contribution in [0.15, 0.2) is 77.3 Å². The summed E-state index contributed by atoms with van der Waals surface area (Å²) in [4.78, 5) is 39.4. The number of carbonyl (C=O) groups is 3. The SMILES string of the molecule is C=CCc1cc(/C=C2/C(=O)NC(=O)N(c3ccc(CC)cc3)C2=O)cc(Br)c1OCc1ccc(Cl)c(Cl)c1. The molecule has 0 bridgehead atoms. The van der Waals surface area contributed by atoms with E-state index in [-0.39, 0.29) is 12.2 Å². The average molecular weight is 614 g/mol. The van der Waals surface area contributed by atoms with Crippen LogP contribution in [0.3, 0.4) is 0 Å². The maximum absolute atomic E-state index is 13.3. The molecule has 4 rings (SSSR count). The van der Waals surface area contributed by atoms with Gasteiger partial charge in [0.15, 0.2) is 0 Å². The second kappa shape index (κ2) is 12.0. The zero-order valence-electron chi connectivity index (χ0n) is 20.4. The van der Waals surface area contributed by atoms with Gasteiger partial charge >= 0.3 is 6.03 Å².